The van der Waals surface area contributed by atoms with Gasteiger partial charge in [0.25, 0.3) is 0 Å². The molecule has 3 nitrogen and oxygen atoms in total. The van der Waals surface area contributed by atoms with Crippen LogP contribution in [0, 0.1) is 6.92 Å². The molecular weight excluding hydrogens is 222 g/mol. The maximum absolute atomic E-state index is 5.73. The minimum Gasteiger partial charge on any atom is -0.368 e. The molecule has 1 aliphatic rings. The van der Waals surface area contributed by atoms with Crippen LogP contribution in [0.5, 0.6) is 0 Å². The van der Waals surface area contributed by atoms with E-state index in [1.54, 1.807) is 0 Å². The SMILES string of the molecule is Cc1cccc(N2CC(C)N(C)C(CCN)C2)c1. The van der Waals surface area contributed by atoms with Crippen molar-refractivity contribution in [2.45, 2.75) is 32.4 Å². The molecule has 0 aromatic heterocycles. The van der Waals surface area contributed by atoms with Gasteiger partial charge in [-0.3, -0.25) is 4.90 Å². The number of hydrogen-bond acceptors (Lipinski definition) is 3. The molecule has 100 valence electrons. The van der Waals surface area contributed by atoms with Crippen molar-refractivity contribution in [3.8, 4) is 0 Å². The molecule has 2 unspecified atom stereocenters. The molecule has 1 aliphatic heterocycles. The van der Waals surface area contributed by atoms with Crippen molar-refractivity contribution in [1.82, 2.24) is 4.90 Å². The molecule has 0 saturated carbocycles. The van der Waals surface area contributed by atoms with E-state index < -0.39 is 0 Å². The summed E-state index contributed by atoms with van der Waals surface area (Å²) in [5, 5.41) is 0. The fourth-order valence-electron chi connectivity index (χ4n) is 2.79. The summed E-state index contributed by atoms with van der Waals surface area (Å²) in [6.07, 6.45) is 1.07. The summed E-state index contributed by atoms with van der Waals surface area (Å²) < 4.78 is 0. The fraction of sp³-hybridized carbons (Fsp3) is 0.600. The quantitative estimate of drug-likeness (QED) is 0.885. The van der Waals surface area contributed by atoms with Crippen molar-refractivity contribution in [2.24, 2.45) is 5.73 Å². The zero-order valence-electron chi connectivity index (χ0n) is 11.8. The van der Waals surface area contributed by atoms with Gasteiger partial charge in [0.15, 0.2) is 0 Å². The van der Waals surface area contributed by atoms with E-state index in [1.165, 1.54) is 11.3 Å². The molecule has 1 aromatic carbocycles. The Hall–Kier alpha value is -1.06. The van der Waals surface area contributed by atoms with Crippen LogP contribution in [0.1, 0.15) is 18.9 Å². The van der Waals surface area contributed by atoms with Crippen LogP contribution in [0.15, 0.2) is 24.3 Å². The van der Waals surface area contributed by atoms with E-state index in [0.717, 1.165) is 26.1 Å². The number of likely N-dealkylation sites (N-methyl/N-ethyl adjacent to an activating group) is 1. The summed E-state index contributed by atoms with van der Waals surface area (Å²) in [6, 6.07) is 9.93. The largest absolute Gasteiger partial charge is 0.368 e. The van der Waals surface area contributed by atoms with Gasteiger partial charge in [-0.25, -0.2) is 0 Å². The van der Waals surface area contributed by atoms with Crippen LogP contribution in [-0.2, 0) is 0 Å². The highest BCUT2D eigenvalue weighted by Crippen LogP contribution is 2.23. The maximum atomic E-state index is 5.73. The molecule has 18 heavy (non-hydrogen) atoms. The second kappa shape index (κ2) is 5.72. The summed E-state index contributed by atoms with van der Waals surface area (Å²) in [5.41, 5.74) is 8.40. The van der Waals surface area contributed by atoms with Crippen molar-refractivity contribution >= 4 is 5.69 Å². The first-order valence-corrected chi connectivity index (χ1v) is 6.85. The van der Waals surface area contributed by atoms with E-state index >= 15 is 0 Å². The minimum atomic E-state index is 0.569. The third kappa shape index (κ3) is 2.85. The lowest BCUT2D eigenvalue weighted by Gasteiger charge is -2.45. The van der Waals surface area contributed by atoms with Gasteiger partial charge in [0, 0.05) is 30.9 Å². The Balaban J connectivity index is 2.14. The summed E-state index contributed by atoms with van der Waals surface area (Å²) >= 11 is 0. The highest BCUT2D eigenvalue weighted by molar-refractivity contribution is 5.49. The van der Waals surface area contributed by atoms with Crippen LogP contribution in [-0.4, -0.2) is 43.7 Å². The standard InChI is InChI=1S/C15H25N3/c1-12-5-4-6-14(9-12)18-10-13(2)17(3)15(11-18)7-8-16/h4-6,9,13,15H,7-8,10-11,16H2,1-3H3. The van der Waals surface area contributed by atoms with Gasteiger partial charge >= 0.3 is 0 Å². The number of nitrogens with zero attached hydrogens (tertiary/aromatic N) is 2. The van der Waals surface area contributed by atoms with Gasteiger partial charge in [0.05, 0.1) is 0 Å². The molecule has 2 atom stereocenters. The monoisotopic (exact) mass is 247 g/mol. The molecule has 2 N–H and O–H groups in total. The van der Waals surface area contributed by atoms with E-state index in [2.05, 4.69) is 55.0 Å². The average molecular weight is 247 g/mol. The smallest absolute Gasteiger partial charge is 0.0369 e. The molecule has 0 spiro atoms. The Morgan fingerprint density at radius 3 is 2.78 bits per heavy atom. The lowest BCUT2D eigenvalue weighted by atomic mass is 10.0. The van der Waals surface area contributed by atoms with E-state index in [4.69, 9.17) is 5.73 Å². The first kappa shape index (κ1) is 13.4. The van der Waals surface area contributed by atoms with Crippen LogP contribution >= 0.6 is 0 Å². The van der Waals surface area contributed by atoms with Crippen LogP contribution < -0.4 is 10.6 Å². The van der Waals surface area contributed by atoms with E-state index in [-0.39, 0.29) is 0 Å². The number of anilines is 1. The lowest BCUT2D eigenvalue weighted by Crippen LogP contribution is -2.56. The lowest BCUT2D eigenvalue weighted by molar-refractivity contribution is 0.152. The van der Waals surface area contributed by atoms with Gasteiger partial charge in [-0.05, 0) is 51.6 Å². The van der Waals surface area contributed by atoms with Gasteiger partial charge in [-0.15, -0.1) is 0 Å². The van der Waals surface area contributed by atoms with Crippen LogP contribution in [0.4, 0.5) is 5.69 Å². The Labute approximate surface area is 111 Å². The molecule has 0 aliphatic carbocycles. The first-order chi connectivity index (χ1) is 8.61. The van der Waals surface area contributed by atoms with E-state index in [0.29, 0.717) is 12.1 Å². The number of aryl methyl sites for hydroxylation is 1. The molecule has 1 heterocycles. The molecule has 1 aromatic rings. The number of piperazine rings is 1. The zero-order valence-corrected chi connectivity index (χ0v) is 11.8. The van der Waals surface area contributed by atoms with E-state index in [9.17, 15) is 0 Å². The summed E-state index contributed by atoms with van der Waals surface area (Å²) in [5.74, 6) is 0. The van der Waals surface area contributed by atoms with Crippen LogP contribution in [0.25, 0.3) is 0 Å². The normalized spacial score (nSPS) is 25.4. The first-order valence-electron chi connectivity index (χ1n) is 6.85. The molecule has 0 amide bonds. The van der Waals surface area contributed by atoms with Crippen LogP contribution in [0.2, 0.25) is 0 Å². The predicted molar refractivity (Wildman–Crippen MR) is 78.1 cm³/mol. The van der Waals surface area contributed by atoms with Gasteiger partial charge < -0.3 is 10.6 Å². The number of hydrogen-bond donors (Lipinski definition) is 1. The highest BCUT2D eigenvalue weighted by Gasteiger charge is 2.28. The average Bonchev–Trinajstić information content (AvgIpc) is 2.35. The Morgan fingerprint density at radius 1 is 1.33 bits per heavy atom. The van der Waals surface area contributed by atoms with Gasteiger partial charge in [-0.1, -0.05) is 12.1 Å². The molecule has 1 saturated heterocycles. The Kier molecular flexibility index (Phi) is 4.25. The topological polar surface area (TPSA) is 32.5 Å². The second-order valence-corrected chi connectivity index (χ2v) is 5.49. The molecule has 1 fully saturated rings. The van der Waals surface area contributed by atoms with E-state index in [1.807, 2.05) is 0 Å². The number of benzene rings is 1. The molecule has 0 radical (unpaired) electrons. The maximum Gasteiger partial charge on any atom is 0.0369 e. The summed E-state index contributed by atoms with van der Waals surface area (Å²) in [4.78, 5) is 4.97. The molecule has 2 rings (SSSR count). The fourth-order valence-corrected chi connectivity index (χ4v) is 2.79. The molecule has 3 heteroatoms. The summed E-state index contributed by atoms with van der Waals surface area (Å²) in [7, 11) is 2.22. The molecular formula is C15H25N3. The Morgan fingerprint density at radius 2 is 2.11 bits per heavy atom. The van der Waals surface area contributed by atoms with Gasteiger partial charge in [0.1, 0.15) is 0 Å². The predicted octanol–water partition coefficient (Wildman–Crippen LogP) is 1.85. The van der Waals surface area contributed by atoms with Crippen molar-refractivity contribution < 1.29 is 0 Å². The number of nitrogens with two attached hydrogens (primary N) is 1. The number of rotatable bonds is 3. The Bertz CT molecular complexity index is 391. The van der Waals surface area contributed by atoms with Gasteiger partial charge in [0.2, 0.25) is 0 Å². The zero-order chi connectivity index (χ0) is 13.1. The minimum absolute atomic E-state index is 0.569. The van der Waals surface area contributed by atoms with Gasteiger partial charge in [-0.2, -0.15) is 0 Å². The van der Waals surface area contributed by atoms with Crippen molar-refractivity contribution in [1.29, 1.82) is 0 Å². The highest BCUT2D eigenvalue weighted by atomic mass is 15.3. The van der Waals surface area contributed by atoms with Crippen molar-refractivity contribution in [3.05, 3.63) is 29.8 Å². The van der Waals surface area contributed by atoms with Crippen molar-refractivity contribution in [3.63, 3.8) is 0 Å². The summed E-state index contributed by atoms with van der Waals surface area (Å²) in [6.45, 7) is 7.40. The third-order valence-electron chi connectivity index (χ3n) is 4.05. The van der Waals surface area contributed by atoms with Crippen molar-refractivity contribution in [2.75, 3.05) is 31.6 Å². The van der Waals surface area contributed by atoms with Crippen LogP contribution in [0.3, 0.4) is 0 Å². The molecule has 0 bridgehead atoms. The third-order valence-corrected chi connectivity index (χ3v) is 4.05. The second-order valence-electron chi connectivity index (χ2n) is 5.49.